The number of piperazine rings is 1. The number of carbonyl (C=O) groups is 1. The first kappa shape index (κ1) is 20.4. The second kappa shape index (κ2) is 9.27. The third-order valence-corrected chi connectivity index (χ3v) is 6.65. The molecule has 0 bridgehead atoms. The van der Waals surface area contributed by atoms with Crippen LogP contribution in [0.3, 0.4) is 0 Å². The molecule has 2 aromatic carbocycles. The van der Waals surface area contributed by atoms with Crippen molar-refractivity contribution < 1.29 is 17.6 Å². The largest absolute Gasteiger partial charge is 0.355 e. The minimum absolute atomic E-state index is 0.0243. The van der Waals surface area contributed by atoms with Crippen LogP contribution < -0.4 is 5.32 Å². The molecule has 0 unspecified atom stereocenters. The fraction of sp³-hybridized carbons (Fsp3) is 0.350. The number of nitrogens with one attached hydrogen (secondary N) is 1. The van der Waals surface area contributed by atoms with Gasteiger partial charge >= 0.3 is 0 Å². The lowest BCUT2D eigenvalue weighted by atomic mass is 10.1. The highest BCUT2D eigenvalue weighted by Crippen LogP contribution is 2.17. The number of hydrogen-bond donors (Lipinski definition) is 1. The number of sulfonamides is 1. The van der Waals surface area contributed by atoms with Crippen LogP contribution in [0.15, 0.2) is 59.5 Å². The molecule has 3 rings (SSSR count). The molecule has 1 heterocycles. The SMILES string of the molecule is O=C(Cc1ccccc1)NCCN1CCN(S(=O)(=O)c2ccc(F)cc2)CC1. The zero-order chi connectivity index (χ0) is 20.0. The molecule has 0 aromatic heterocycles. The summed E-state index contributed by atoms with van der Waals surface area (Å²) in [7, 11) is -3.60. The number of hydrogen-bond acceptors (Lipinski definition) is 4. The van der Waals surface area contributed by atoms with E-state index in [-0.39, 0.29) is 10.8 Å². The summed E-state index contributed by atoms with van der Waals surface area (Å²) in [5.41, 5.74) is 0.972. The van der Waals surface area contributed by atoms with Gasteiger partial charge in [-0.1, -0.05) is 30.3 Å². The van der Waals surface area contributed by atoms with Crippen molar-refractivity contribution in [1.29, 1.82) is 0 Å². The monoisotopic (exact) mass is 405 g/mol. The molecule has 0 saturated carbocycles. The number of benzene rings is 2. The predicted octanol–water partition coefficient (Wildman–Crippen LogP) is 1.49. The van der Waals surface area contributed by atoms with Crippen molar-refractivity contribution in [3.05, 3.63) is 66.0 Å². The minimum atomic E-state index is -3.60. The average Bonchev–Trinajstić information content (AvgIpc) is 2.69. The highest BCUT2D eigenvalue weighted by Gasteiger charge is 2.28. The van der Waals surface area contributed by atoms with E-state index in [2.05, 4.69) is 10.2 Å². The van der Waals surface area contributed by atoms with E-state index in [4.69, 9.17) is 0 Å². The molecule has 2 aromatic rings. The van der Waals surface area contributed by atoms with Crippen molar-refractivity contribution in [2.75, 3.05) is 39.3 Å². The second-order valence-corrected chi connectivity index (χ2v) is 8.65. The van der Waals surface area contributed by atoms with Crippen molar-refractivity contribution in [3.63, 3.8) is 0 Å². The molecular formula is C20H24FN3O3S. The maximum atomic E-state index is 13.0. The van der Waals surface area contributed by atoms with Gasteiger partial charge in [0.25, 0.3) is 0 Å². The van der Waals surface area contributed by atoms with Gasteiger partial charge in [0.2, 0.25) is 15.9 Å². The summed E-state index contributed by atoms with van der Waals surface area (Å²) in [6.07, 6.45) is 0.352. The maximum absolute atomic E-state index is 13.0. The van der Waals surface area contributed by atoms with Crippen LogP contribution in [0.25, 0.3) is 0 Å². The van der Waals surface area contributed by atoms with Gasteiger partial charge in [0.15, 0.2) is 0 Å². The quantitative estimate of drug-likeness (QED) is 0.758. The van der Waals surface area contributed by atoms with E-state index in [0.717, 1.165) is 17.7 Å². The molecule has 1 N–H and O–H groups in total. The highest BCUT2D eigenvalue weighted by molar-refractivity contribution is 7.89. The van der Waals surface area contributed by atoms with Crippen LogP contribution in [0.5, 0.6) is 0 Å². The molecule has 1 saturated heterocycles. The maximum Gasteiger partial charge on any atom is 0.243 e. The summed E-state index contributed by atoms with van der Waals surface area (Å²) in [4.78, 5) is 14.2. The van der Waals surface area contributed by atoms with E-state index in [1.54, 1.807) is 0 Å². The lowest BCUT2D eigenvalue weighted by molar-refractivity contribution is -0.120. The van der Waals surface area contributed by atoms with Gasteiger partial charge in [0.05, 0.1) is 11.3 Å². The number of nitrogens with zero attached hydrogens (tertiary/aromatic N) is 2. The Morgan fingerprint density at radius 1 is 0.964 bits per heavy atom. The van der Waals surface area contributed by atoms with Crippen molar-refractivity contribution >= 4 is 15.9 Å². The molecule has 0 aliphatic carbocycles. The van der Waals surface area contributed by atoms with Crippen LogP contribution >= 0.6 is 0 Å². The van der Waals surface area contributed by atoms with Crippen LogP contribution in [-0.4, -0.2) is 62.8 Å². The Labute approximate surface area is 165 Å². The third-order valence-electron chi connectivity index (χ3n) is 4.74. The standard InChI is InChI=1S/C20H24FN3O3S/c21-18-6-8-19(9-7-18)28(26,27)24-14-12-23(13-15-24)11-10-22-20(25)16-17-4-2-1-3-5-17/h1-9H,10-16H2,(H,22,25). The van der Waals surface area contributed by atoms with Gasteiger partial charge in [0, 0.05) is 39.3 Å². The molecule has 1 aliphatic rings. The highest BCUT2D eigenvalue weighted by atomic mass is 32.2. The number of carbonyl (C=O) groups excluding carboxylic acids is 1. The molecular weight excluding hydrogens is 381 g/mol. The van der Waals surface area contributed by atoms with E-state index < -0.39 is 15.8 Å². The summed E-state index contributed by atoms with van der Waals surface area (Å²) in [6, 6.07) is 14.4. The van der Waals surface area contributed by atoms with Crippen molar-refractivity contribution in [3.8, 4) is 0 Å². The van der Waals surface area contributed by atoms with E-state index in [9.17, 15) is 17.6 Å². The van der Waals surface area contributed by atoms with Gasteiger partial charge in [-0.25, -0.2) is 12.8 Å². The minimum Gasteiger partial charge on any atom is -0.355 e. The Hall–Kier alpha value is -2.29. The molecule has 150 valence electrons. The average molecular weight is 405 g/mol. The fourth-order valence-electron chi connectivity index (χ4n) is 3.15. The molecule has 0 radical (unpaired) electrons. The summed E-state index contributed by atoms with van der Waals surface area (Å²) < 4.78 is 39.7. The van der Waals surface area contributed by atoms with Gasteiger partial charge in [-0.3, -0.25) is 9.69 Å². The first-order valence-corrected chi connectivity index (χ1v) is 10.7. The zero-order valence-electron chi connectivity index (χ0n) is 15.6. The Bertz CT molecular complexity index is 881. The van der Waals surface area contributed by atoms with Crippen LogP contribution in [-0.2, 0) is 21.2 Å². The molecule has 1 fully saturated rings. The van der Waals surface area contributed by atoms with Gasteiger partial charge in [-0.05, 0) is 29.8 Å². The van der Waals surface area contributed by atoms with Crippen molar-refractivity contribution in [2.45, 2.75) is 11.3 Å². The smallest absolute Gasteiger partial charge is 0.243 e. The number of amides is 1. The number of halogens is 1. The molecule has 0 atom stereocenters. The second-order valence-electron chi connectivity index (χ2n) is 6.71. The third kappa shape index (κ3) is 5.37. The van der Waals surface area contributed by atoms with E-state index in [1.807, 2.05) is 30.3 Å². The van der Waals surface area contributed by atoms with E-state index in [1.165, 1.54) is 16.4 Å². The zero-order valence-corrected chi connectivity index (χ0v) is 16.4. The van der Waals surface area contributed by atoms with Gasteiger partial charge in [0.1, 0.15) is 5.82 Å². The van der Waals surface area contributed by atoms with Gasteiger partial charge in [-0.15, -0.1) is 0 Å². The van der Waals surface area contributed by atoms with Gasteiger partial charge < -0.3 is 5.32 Å². The Morgan fingerprint density at radius 3 is 2.25 bits per heavy atom. The Balaban J connectivity index is 1.41. The van der Waals surface area contributed by atoms with E-state index in [0.29, 0.717) is 45.7 Å². The molecule has 28 heavy (non-hydrogen) atoms. The number of rotatable bonds is 7. The summed E-state index contributed by atoms with van der Waals surface area (Å²) in [6.45, 7) is 3.13. The topological polar surface area (TPSA) is 69.7 Å². The molecule has 6 nitrogen and oxygen atoms in total. The molecule has 0 spiro atoms. The summed E-state index contributed by atoms with van der Waals surface area (Å²) >= 11 is 0. The van der Waals surface area contributed by atoms with Crippen LogP contribution in [0.4, 0.5) is 4.39 Å². The Kier molecular flexibility index (Phi) is 6.77. The van der Waals surface area contributed by atoms with Crippen LogP contribution in [0.2, 0.25) is 0 Å². The van der Waals surface area contributed by atoms with Crippen molar-refractivity contribution in [1.82, 2.24) is 14.5 Å². The van der Waals surface area contributed by atoms with Crippen LogP contribution in [0, 0.1) is 5.82 Å². The summed E-state index contributed by atoms with van der Waals surface area (Å²) in [5.74, 6) is -0.484. The summed E-state index contributed by atoms with van der Waals surface area (Å²) in [5, 5.41) is 2.90. The normalized spacial score (nSPS) is 16.0. The fourth-order valence-corrected chi connectivity index (χ4v) is 4.57. The molecule has 8 heteroatoms. The lowest BCUT2D eigenvalue weighted by Crippen LogP contribution is -2.50. The van der Waals surface area contributed by atoms with E-state index >= 15 is 0 Å². The molecule has 1 aliphatic heterocycles. The first-order valence-electron chi connectivity index (χ1n) is 9.24. The first-order chi connectivity index (χ1) is 13.4. The molecule has 1 amide bonds. The predicted molar refractivity (Wildman–Crippen MR) is 105 cm³/mol. The van der Waals surface area contributed by atoms with Crippen molar-refractivity contribution in [2.24, 2.45) is 0 Å². The van der Waals surface area contributed by atoms with Gasteiger partial charge in [-0.2, -0.15) is 4.31 Å². The lowest BCUT2D eigenvalue weighted by Gasteiger charge is -2.33. The van der Waals surface area contributed by atoms with Crippen LogP contribution in [0.1, 0.15) is 5.56 Å². The Morgan fingerprint density at radius 2 is 1.61 bits per heavy atom.